The zero-order valence-electron chi connectivity index (χ0n) is 9.29. The van der Waals surface area contributed by atoms with Crippen LogP contribution in [-0.2, 0) is 10.9 Å². The van der Waals surface area contributed by atoms with E-state index in [-0.39, 0.29) is 12.7 Å². The van der Waals surface area contributed by atoms with Crippen LogP contribution in [0, 0.1) is 0 Å². The number of H-pyrrole nitrogens is 1. The van der Waals surface area contributed by atoms with Gasteiger partial charge in [0.2, 0.25) is 0 Å². The number of nitrogens with one attached hydrogen (secondary N) is 1. The molecule has 1 N–H and O–H groups in total. The van der Waals surface area contributed by atoms with E-state index in [0.29, 0.717) is 6.61 Å². The fourth-order valence-corrected chi connectivity index (χ4v) is 1.72. The number of hydrogen-bond donors (Lipinski definition) is 1. The molecule has 1 aromatic heterocycles. The molecular weight excluding hydrogens is 253 g/mol. The van der Waals surface area contributed by atoms with Crippen LogP contribution in [0.5, 0.6) is 5.75 Å². The summed E-state index contributed by atoms with van der Waals surface area (Å²) >= 11 is 0. The molecule has 0 aromatic carbocycles. The van der Waals surface area contributed by atoms with Gasteiger partial charge in [-0.15, -0.1) is 0 Å². The predicted octanol–water partition coefficient (Wildman–Crippen LogP) is 1.35. The summed E-state index contributed by atoms with van der Waals surface area (Å²) in [7, 11) is 0. The number of nitrogens with zero attached hydrogens (tertiary/aromatic N) is 1. The third kappa shape index (κ3) is 2.81. The van der Waals surface area contributed by atoms with E-state index in [2.05, 4.69) is 5.10 Å². The van der Waals surface area contributed by atoms with E-state index in [4.69, 9.17) is 9.47 Å². The van der Waals surface area contributed by atoms with E-state index in [1.165, 1.54) is 0 Å². The summed E-state index contributed by atoms with van der Waals surface area (Å²) < 4.78 is 48.2. The first kappa shape index (κ1) is 12.9. The summed E-state index contributed by atoms with van der Waals surface area (Å²) in [4.78, 5) is 11.1. The van der Waals surface area contributed by atoms with Crippen LogP contribution < -0.4 is 10.3 Å². The minimum Gasteiger partial charge on any atom is -0.488 e. The molecule has 8 heteroatoms. The summed E-state index contributed by atoms with van der Waals surface area (Å²) in [6, 6.07) is 0. The average molecular weight is 264 g/mol. The van der Waals surface area contributed by atoms with Gasteiger partial charge in [-0.3, -0.25) is 4.79 Å². The Kier molecular flexibility index (Phi) is 3.55. The minimum atomic E-state index is -4.78. The smallest absolute Gasteiger partial charge is 0.425 e. The first-order valence-corrected chi connectivity index (χ1v) is 5.38. The normalized spacial score (nSPS) is 20.1. The Hall–Kier alpha value is -1.57. The highest BCUT2D eigenvalue weighted by molar-refractivity contribution is 5.30. The summed E-state index contributed by atoms with van der Waals surface area (Å²) in [6.45, 7) is 0.558. The SMILES string of the molecule is O=c1[nH]ncc(OCC2CCCO2)c1C(F)(F)F. The van der Waals surface area contributed by atoms with Gasteiger partial charge >= 0.3 is 6.18 Å². The molecule has 0 aliphatic carbocycles. The highest BCUT2D eigenvalue weighted by Gasteiger charge is 2.38. The molecule has 1 aliphatic rings. The standard InChI is InChI=1S/C10H11F3N2O3/c11-10(12,13)8-7(4-14-15-9(8)16)18-5-6-2-1-3-17-6/h4,6H,1-3,5H2,(H,15,16). The molecule has 0 bridgehead atoms. The first-order chi connectivity index (χ1) is 8.48. The Morgan fingerprint density at radius 1 is 1.56 bits per heavy atom. The quantitative estimate of drug-likeness (QED) is 0.895. The summed E-state index contributed by atoms with van der Waals surface area (Å²) in [6.07, 6.45) is -2.57. The van der Waals surface area contributed by atoms with E-state index in [1.807, 2.05) is 0 Å². The lowest BCUT2D eigenvalue weighted by molar-refractivity contribution is -0.140. The van der Waals surface area contributed by atoms with Gasteiger partial charge in [-0.2, -0.15) is 18.3 Å². The van der Waals surface area contributed by atoms with Crippen molar-refractivity contribution in [2.45, 2.75) is 25.1 Å². The van der Waals surface area contributed by atoms with Crippen LogP contribution in [0.4, 0.5) is 13.2 Å². The van der Waals surface area contributed by atoms with E-state index in [1.54, 1.807) is 5.10 Å². The van der Waals surface area contributed by atoms with Crippen LogP contribution in [0.1, 0.15) is 18.4 Å². The zero-order valence-corrected chi connectivity index (χ0v) is 9.29. The number of rotatable bonds is 3. The van der Waals surface area contributed by atoms with Crippen LogP contribution in [0.3, 0.4) is 0 Å². The highest BCUT2D eigenvalue weighted by Crippen LogP contribution is 2.32. The van der Waals surface area contributed by atoms with Gasteiger partial charge in [-0.25, -0.2) is 5.10 Å². The molecule has 1 aromatic rings. The van der Waals surface area contributed by atoms with Crippen LogP contribution in [0.25, 0.3) is 0 Å². The lowest BCUT2D eigenvalue weighted by Gasteiger charge is -2.14. The third-order valence-corrected chi connectivity index (χ3v) is 2.55. The van der Waals surface area contributed by atoms with Crippen molar-refractivity contribution < 1.29 is 22.6 Å². The maximum atomic E-state index is 12.7. The molecule has 1 saturated heterocycles. The second-order valence-corrected chi connectivity index (χ2v) is 3.88. The van der Waals surface area contributed by atoms with Crippen molar-refractivity contribution in [1.82, 2.24) is 10.2 Å². The van der Waals surface area contributed by atoms with Crippen molar-refractivity contribution in [3.8, 4) is 5.75 Å². The maximum Gasteiger partial charge on any atom is 0.425 e. The number of halogens is 3. The van der Waals surface area contributed by atoms with Crippen LogP contribution in [0.15, 0.2) is 11.0 Å². The van der Waals surface area contributed by atoms with Crippen molar-refractivity contribution >= 4 is 0 Å². The largest absolute Gasteiger partial charge is 0.488 e. The number of hydrogen-bond acceptors (Lipinski definition) is 4. The summed E-state index contributed by atoms with van der Waals surface area (Å²) in [5.74, 6) is -0.568. The zero-order chi connectivity index (χ0) is 13.2. The number of ether oxygens (including phenoxy) is 2. The van der Waals surface area contributed by atoms with Crippen molar-refractivity contribution in [2.24, 2.45) is 0 Å². The second-order valence-electron chi connectivity index (χ2n) is 3.88. The Balaban J connectivity index is 2.16. The molecule has 2 rings (SSSR count). The van der Waals surface area contributed by atoms with Crippen molar-refractivity contribution in [3.63, 3.8) is 0 Å². The number of alkyl halides is 3. The van der Waals surface area contributed by atoms with Crippen LogP contribution >= 0.6 is 0 Å². The third-order valence-electron chi connectivity index (χ3n) is 2.55. The molecule has 1 unspecified atom stereocenters. The predicted molar refractivity (Wildman–Crippen MR) is 54.3 cm³/mol. The molecule has 1 fully saturated rings. The maximum absolute atomic E-state index is 12.7. The van der Waals surface area contributed by atoms with Crippen molar-refractivity contribution in [3.05, 3.63) is 22.1 Å². The topological polar surface area (TPSA) is 64.2 Å². The summed E-state index contributed by atoms with van der Waals surface area (Å²) in [5, 5.41) is 5.04. The van der Waals surface area contributed by atoms with Gasteiger partial charge in [0.1, 0.15) is 6.61 Å². The molecule has 18 heavy (non-hydrogen) atoms. The molecule has 0 spiro atoms. The Morgan fingerprint density at radius 3 is 2.94 bits per heavy atom. The molecule has 0 saturated carbocycles. The van der Waals surface area contributed by atoms with Gasteiger partial charge in [-0.1, -0.05) is 0 Å². The minimum absolute atomic E-state index is 0.0196. The second kappa shape index (κ2) is 4.97. The van der Waals surface area contributed by atoms with E-state index in [0.717, 1.165) is 19.0 Å². The van der Waals surface area contributed by atoms with Crippen molar-refractivity contribution in [1.29, 1.82) is 0 Å². The van der Waals surface area contributed by atoms with E-state index < -0.39 is 23.0 Å². The Labute approximate surface area is 99.9 Å². The van der Waals surface area contributed by atoms with Gasteiger partial charge in [0.25, 0.3) is 5.56 Å². The van der Waals surface area contributed by atoms with Gasteiger partial charge in [-0.05, 0) is 12.8 Å². The fourth-order valence-electron chi connectivity index (χ4n) is 1.72. The number of aromatic nitrogens is 2. The summed E-state index contributed by atoms with van der Waals surface area (Å²) in [5.41, 5.74) is -2.68. The molecular formula is C10H11F3N2O3. The Morgan fingerprint density at radius 2 is 2.33 bits per heavy atom. The lowest BCUT2D eigenvalue weighted by Crippen LogP contribution is -2.25. The first-order valence-electron chi connectivity index (χ1n) is 5.38. The van der Waals surface area contributed by atoms with Gasteiger partial charge in [0.15, 0.2) is 11.3 Å². The fraction of sp³-hybridized carbons (Fsp3) is 0.600. The number of aromatic amines is 1. The lowest BCUT2D eigenvalue weighted by atomic mass is 10.2. The van der Waals surface area contributed by atoms with Gasteiger partial charge in [0.05, 0.1) is 12.3 Å². The molecule has 0 amide bonds. The monoisotopic (exact) mass is 264 g/mol. The van der Waals surface area contributed by atoms with Crippen molar-refractivity contribution in [2.75, 3.05) is 13.2 Å². The van der Waals surface area contributed by atoms with Crippen LogP contribution in [-0.4, -0.2) is 29.5 Å². The molecule has 1 atom stereocenters. The van der Waals surface area contributed by atoms with E-state index >= 15 is 0 Å². The van der Waals surface area contributed by atoms with E-state index in [9.17, 15) is 18.0 Å². The van der Waals surface area contributed by atoms with Gasteiger partial charge in [0, 0.05) is 6.61 Å². The molecule has 100 valence electrons. The molecule has 0 radical (unpaired) electrons. The van der Waals surface area contributed by atoms with Gasteiger partial charge < -0.3 is 9.47 Å². The van der Waals surface area contributed by atoms with Crippen LogP contribution in [0.2, 0.25) is 0 Å². The molecule has 1 aliphatic heterocycles. The molecule has 5 nitrogen and oxygen atoms in total. The Bertz CT molecular complexity index is 466. The average Bonchev–Trinajstić information content (AvgIpc) is 2.77. The highest BCUT2D eigenvalue weighted by atomic mass is 19.4. The molecule has 2 heterocycles.